The van der Waals surface area contributed by atoms with Gasteiger partial charge in [0.25, 0.3) is 15.9 Å². The number of aryl methyl sites for hydroxylation is 1. The fourth-order valence-electron chi connectivity index (χ4n) is 2.43. The van der Waals surface area contributed by atoms with Crippen molar-refractivity contribution in [2.24, 2.45) is 5.10 Å². The Bertz CT molecular complexity index is 1170. The summed E-state index contributed by atoms with van der Waals surface area (Å²) in [6.07, 6.45) is 0. The largest absolute Gasteiger partial charge is 0.456 e. The average molecular weight is 415 g/mol. The summed E-state index contributed by atoms with van der Waals surface area (Å²) < 4.78 is 42.7. The quantitative estimate of drug-likeness (QED) is 0.474. The molecule has 0 spiro atoms. The third kappa shape index (κ3) is 5.08. The first kappa shape index (κ1) is 20.3. The van der Waals surface area contributed by atoms with Gasteiger partial charge in [-0.25, -0.2) is 4.39 Å². The van der Waals surface area contributed by atoms with Gasteiger partial charge < -0.3 is 9.73 Å². The van der Waals surface area contributed by atoms with E-state index in [0.717, 1.165) is 24.3 Å². The Morgan fingerprint density at radius 2 is 1.79 bits per heavy atom. The zero-order chi connectivity index (χ0) is 21.0. The maximum Gasteiger partial charge on any atom is 0.291 e. The van der Waals surface area contributed by atoms with Gasteiger partial charge in [-0.05, 0) is 67.9 Å². The predicted octanol–water partition coefficient (Wildman–Crippen LogP) is 3.68. The molecule has 0 saturated heterocycles. The number of hydrogen-bond donors (Lipinski definition) is 2. The minimum absolute atomic E-state index is 0.106. The lowest BCUT2D eigenvalue weighted by molar-refractivity contribution is 0.0995. The Morgan fingerprint density at radius 1 is 1.07 bits per heavy atom. The van der Waals surface area contributed by atoms with E-state index in [9.17, 15) is 17.6 Å². The van der Waals surface area contributed by atoms with Gasteiger partial charge in [0.15, 0.2) is 5.76 Å². The molecule has 1 heterocycles. The Kier molecular flexibility index (Phi) is 5.79. The summed E-state index contributed by atoms with van der Waals surface area (Å²) in [7, 11) is -3.93. The summed E-state index contributed by atoms with van der Waals surface area (Å²) in [5.74, 6) is -0.125. The van der Waals surface area contributed by atoms with Crippen LogP contribution in [0.2, 0.25) is 0 Å². The Labute approximate surface area is 167 Å². The first-order chi connectivity index (χ1) is 13.7. The van der Waals surface area contributed by atoms with E-state index in [-0.39, 0.29) is 10.7 Å². The van der Waals surface area contributed by atoms with E-state index < -0.39 is 21.7 Å². The van der Waals surface area contributed by atoms with Gasteiger partial charge in [-0.3, -0.25) is 4.79 Å². The number of nitrogens with zero attached hydrogens (tertiary/aromatic N) is 1. The Balaban J connectivity index is 1.73. The molecule has 0 saturated carbocycles. The standard InChI is InChI=1S/C20H18FN3O4S/c1-13-6-11-19(28-13)20(25)22-17-5-3-4-15(12-17)14(2)23-24-29(26,27)18-9-7-16(21)8-10-18/h3-12,24H,1-2H3,(H,22,25)/b23-14-. The second kappa shape index (κ2) is 8.27. The lowest BCUT2D eigenvalue weighted by atomic mass is 10.1. The number of hydrazone groups is 1. The molecule has 9 heteroatoms. The van der Waals surface area contributed by atoms with E-state index >= 15 is 0 Å². The van der Waals surface area contributed by atoms with Crippen molar-refractivity contribution in [1.29, 1.82) is 0 Å². The van der Waals surface area contributed by atoms with Gasteiger partial charge in [-0.15, -0.1) is 0 Å². The van der Waals surface area contributed by atoms with Gasteiger partial charge in [0, 0.05) is 5.69 Å². The molecule has 2 aromatic carbocycles. The van der Waals surface area contributed by atoms with Crippen molar-refractivity contribution in [2.45, 2.75) is 18.7 Å². The highest BCUT2D eigenvalue weighted by Gasteiger charge is 2.14. The van der Waals surface area contributed by atoms with Crippen LogP contribution in [0.5, 0.6) is 0 Å². The molecule has 0 aliphatic heterocycles. The number of carbonyl (C=O) groups excluding carboxylic acids is 1. The minimum Gasteiger partial charge on any atom is -0.456 e. The van der Waals surface area contributed by atoms with Crippen LogP contribution in [0.15, 0.2) is 75.1 Å². The molecule has 3 aromatic rings. The number of benzene rings is 2. The monoisotopic (exact) mass is 415 g/mol. The fourth-order valence-corrected chi connectivity index (χ4v) is 3.29. The van der Waals surface area contributed by atoms with E-state index in [0.29, 0.717) is 22.7 Å². The highest BCUT2D eigenvalue weighted by Crippen LogP contribution is 2.15. The van der Waals surface area contributed by atoms with Crippen LogP contribution >= 0.6 is 0 Å². The number of halogens is 1. The lowest BCUT2D eigenvalue weighted by Crippen LogP contribution is -2.20. The van der Waals surface area contributed by atoms with E-state index in [1.54, 1.807) is 50.2 Å². The van der Waals surface area contributed by atoms with Crippen LogP contribution in [0.3, 0.4) is 0 Å². The molecule has 0 aliphatic rings. The molecule has 7 nitrogen and oxygen atoms in total. The smallest absolute Gasteiger partial charge is 0.291 e. The highest BCUT2D eigenvalue weighted by molar-refractivity contribution is 7.89. The van der Waals surface area contributed by atoms with Crippen LogP contribution in [0.4, 0.5) is 10.1 Å². The number of carbonyl (C=O) groups is 1. The van der Waals surface area contributed by atoms with Gasteiger partial charge in [0.1, 0.15) is 11.6 Å². The van der Waals surface area contributed by atoms with E-state index in [4.69, 9.17) is 4.42 Å². The van der Waals surface area contributed by atoms with Gasteiger partial charge in [0.05, 0.1) is 10.6 Å². The van der Waals surface area contributed by atoms with E-state index in [2.05, 4.69) is 15.2 Å². The van der Waals surface area contributed by atoms with Crippen molar-refractivity contribution >= 4 is 27.3 Å². The van der Waals surface area contributed by atoms with Crippen LogP contribution in [-0.4, -0.2) is 20.0 Å². The first-order valence-electron chi connectivity index (χ1n) is 8.54. The molecular formula is C20H18FN3O4S. The summed E-state index contributed by atoms with van der Waals surface area (Å²) in [6, 6.07) is 14.4. The van der Waals surface area contributed by atoms with Crippen LogP contribution in [0, 0.1) is 12.7 Å². The van der Waals surface area contributed by atoms with Crippen molar-refractivity contribution in [2.75, 3.05) is 5.32 Å². The second-order valence-corrected chi connectivity index (χ2v) is 7.85. The maximum absolute atomic E-state index is 13.0. The van der Waals surface area contributed by atoms with E-state index in [1.807, 2.05) is 0 Å². The zero-order valence-electron chi connectivity index (χ0n) is 15.6. The summed E-state index contributed by atoms with van der Waals surface area (Å²) >= 11 is 0. The lowest BCUT2D eigenvalue weighted by Gasteiger charge is -2.08. The number of rotatable bonds is 6. The van der Waals surface area contributed by atoms with Crippen LogP contribution in [0.25, 0.3) is 0 Å². The number of anilines is 1. The predicted molar refractivity (Wildman–Crippen MR) is 107 cm³/mol. The van der Waals surface area contributed by atoms with Crippen molar-refractivity contribution in [3.63, 3.8) is 0 Å². The maximum atomic E-state index is 13.0. The van der Waals surface area contributed by atoms with Crippen LogP contribution in [0.1, 0.15) is 28.8 Å². The molecule has 150 valence electrons. The fraction of sp³-hybridized carbons (Fsp3) is 0.100. The zero-order valence-corrected chi connectivity index (χ0v) is 16.5. The van der Waals surface area contributed by atoms with Crippen molar-refractivity contribution in [1.82, 2.24) is 4.83 Å². The van der Waals surface area contributed by atoms with Crippen LogP contribution in [-0.2, 0) is 10.0 Å². The second-order valence-electron chi connectivity index (χ2n) is 6.19. The Morgan fingerprint density at radius 3 is 2.45 bits per heavy atom. The number of furan rings is 1. The number of nitrogens with one attached hydrogen (secondary N) is 2. The molecule has 2 N–H and O–H groups in total. The van der Waals surface area contributed by atoms with Crippen molar-refractivity contribution in [3.8, 4) is 0 Å². The Hall–Kier alpha value is -3.46. The topological polar surface area (TPSA) is 101 Å². The normalized spacial score (nSPS) is 11.9. The highest BCUT2D eigenvalue weighted by atomic mass is 32.2. The average Bonchev–Trinajstić information content (AvgIpc) is 3.13. The summed E-state index contributed by atoms with van der Waals surface area (Å²) in [5, 5.41) is 6.61. The molecule has 0 unspecified atom stereocenters. The number of amides is 1. The summed E-state index contributed by atoms with van der Waals surface area (Å²) in [4.78, 5) is 14.2. The summed E-state index contributed by atoms with van der Waals surface area (Å²) in [6.45, 7) is 3.36. The van der Waals surface area contributed by atoms with Gasteiger partial charge in [0.2, 0.25) is 0 Å². The molecule has 0 aliphatic carbocycles. The van der Waals surface area contributed by atoms with Crippen LogP contribution < -0.4 is 10.1 Å². The number of sulfonamides is 1. The first-order valence-corrected chi connectivity index (χ1v) is 10.0. The van der Waals surface area contributed by atoms with Gasteiger partial charge in [-0.2, -0.15) is 18.4 Å². The van der Waals surface area contributed by atoms with Crippen molar-refractivity contribution < 1.29 is 22.0 Å². The number of hydrogen-bond acceptors (Lipinski definition) is 5. The molecular weight excluding hydrogens is 397 g/mol. The third-order valence-electron chi connectivity index (χ3n) is 3.96. The molecule has 0 radical (unpaired) electrons. The molecule has 0 atom stereocenters. The minimum atomic E-state index is -3.93. The molecule has 0 fully saturated rings. The summed E-state index contributed by atoms with van der Waals surface area (Å²) in [5.41, 5.74) is 1.47. The van der Waals surface area contributed by atoms with Gasteiger partial charge in [-0.1, -0.05) is 12.1 Å². The van der Waals surface area contributed by atoms with Gasteiger partial charge >= 0.3 is 0 Å². The SMILES string of the molecule is C/C(=N/NS(=O)(=O)c1ccc(F)cc1)c1cccc(NC(=O)c2ccc(C)o2)c1. The molecule has 0 bridgehead atoms. The van der Waals surface area contributed by atoms with Crippen molar-refractivity contribution in [3.05, 3.63) is 83.6 Å². The third-order valence-corrected chi connectivity index (χ3v) is 5.18. The van der Waals surface area contributed by atoms with E-state index in [1.165, 1.54) is 0 Å². The molecule has 1 amide bonds. The molecule has 29 heavy (non-hydrogen) atoms. The molecule has 1 aromatic heterocycles. The molecule has 3 rings (SSSR count).